The Morgan fingerprint density at radius 2 is 0.870 bits per heavy atom. The van der Waals surface area contributed by atoms with Gasteiger partial charge in [0.15, 0.2) is 0 Å². The van der Waals surface area contributed by atoms with Gasteiger partial charge < -0.3 is 0 Å². The van der Waals surface area contributed by atoms with Gasteiger partial charge in [-0.1, -0.05) is 137 Å². The summed E-state index contributed by atoms with van der Waals surface area (Å²) < 4.78 is 0. The van der Waals surface area contributed by atoms with Crippen LogP contribution in [-0.2, 0) is 0 Å². The maximum Gasteiger partial charge on any atom is -0.0391 e. The average Bonchev–Trinajstić information content (AvgIpc) is 2.56. The highest BCUT2D eigenvalue weighted by Crippen LogP contribution is 2.27. The smallest absolute Gasteiger partial charge is 0.0391 e. The van der Waals surface area contributed by atoms with Crippen LogP contribution in [0.1, 0.15) is 137 Å². The molecule has 0 saturated heterocycles. The molecule has 0 saturated carbocycles. The summed E-state index contributed by atoms with van der Waals surface area (Å²) in [5.74, 6) is 1.95. The van der Waals surface area contributed by atoms with Crippen molar-refractivity contribution in [3.8, 4) is 0 Å². The highest BCUT2D eigenvalue weighted by Gasteiger charge is 2.14. The molecule has 0 radical (unpaired) electrons. The second-order valence-corrected chi connectivity index (χ2v) is 7.97. The van der Waals surface area contributed by atoms with Crippen molar-refractivity contribution in [1.29, 1.82) is 0 Å². The molecule has 0 aromatic heterocycles. The van der Waals surface area contributed by atoms with Crippen molar-refractivity contribution in [2.75, 3.05) is 0 Å². The highest BCUT2D eigenvalue weighted by molar-refractivity contribution is 4.66. The predicted molar refractivity (Wildman–Crippen MR) is 108 cm³/mol. The second-order valence-electron chi connectivity index (χ2n) is 7.97. The highest BCUT2D eigenvalue weighted by atomic mass is 14.2. The van der Waals surface area contributed by atoms with E-state index < -0.39 is 0 Å². The Bertz CT molecular complexity index is 208. The lowest BCUT2D eigenvalue weighted by atomic mass is 9.83. The van der Waals surface area contributed by atoms with E-state index in [9.17, 15) is 0 Å². The van der Waals surface area contributed by atoms with Crippen LogP contribution in [0.15, 0.2) is 0 Å². The van der Waals surface area contributed by atoms with Gasteiger partial charge in [-0.3, -0.25) is 0 Å². The first-order valence-corrected chi connectivity index (χ1v) is 11.3. The van der Waals surface area contributed by atoms with Gasteiger partial charge in [0.05, 0.1) is 0 Å². The van der Waals surface area contributed by atoms with Gasteiger partial charge in [-0.15, -0.1) is 0 Å². The standard InChI is InChI=1S/C23H48/c1-5-8-10-12-14-15-16-18-20-22(4)23(7-3)21-19-17-13-11-9-6-2/h22-23H,5-21H2,1-4H3. The van der Waals surface area contributed by atoms with Gasteiger partial charge in [-0.05, 0) is 11.8 Å². The minimum atomic E-state index is 0.954. The third-order valence-corrected chi connectivity index (χ3v) is 5.77. The van der Waals surface area contributed by atoms with E-state index in [1.54, 1.807) is 0 Å². The van der Waals surface area contributed by atoms with Crippen LogP contribution in [0.25, 0.3) is 0 Å². The van der Waals surface area contributed by atoms with Gasteiger partial charge in [0, 0.05) is 0 Å². The summed E-state index contributed by atoms with van der Waals surface area (Å²) >= 11 is 0. The molecule has 0 fully saturated rings. The Morgan fingerprint density at radius 3 is 1.30 bits per heavy atom. The Hall–Kier alpha value is 0. The summed E-state index contributed by atoms with van der Waals surface area (Å²) in [5.41, 5.74) is 0. The topological polar surface area (TPSA) is 0 Å². The molecular formula is C23H48. The first-order chi connectivity index (χ1) is 11.3. The molecule has 2 atom stereocenters. The van der Waals surface area contributed by atoms with Crippen molar-refractivity contribution in [1.82, 2.24) is 0 Å². The third-order valence-electron chi connectivity index (χ3n) is 5.77. The second kappa shape index (κ2) is 18.3. The van der Waals surface area contributed by atoms with E-state index in [1.165, 1.54) is 109 Å². The number of unbranched alkanes of at least 4 members (excludes halogenated alkanes) is 12. The molecule has 0 heterocycles. The van der Waals surface area contributed by atoms with E-state index in [4.69, 9.17) is 0 Å². The molecular weight excluding hydrogens is 276 g/mol. The van der Waals surface area contributed by atoms with Crippen molar-refractivity contribution in [3.05, 3.63) is 0 Å². The van der Waals surface area contributed by atoms with E-state index >= 15 is 0 Å². The molecule has 0 heteroatoms. The van der Waals surface area contributed by atoms with Crippen LogP contribution in [0, 0.1) is 11.8 Å². The molecule has 2 unspecified atom stereocenters. The van der Waals surface area contributed by atoms with Gasteiger partial charge in [0.25, 0.3) is 0 Å². The Balaban J connectivity index is 3.51. The fraction of sp³-hybridized carbons (Fsp3) is 1.00. The van der Waals surface area contributed by atoms with Crippen molar-refractivity contribution in [3.63, 3.8) is 0 Å². The zero-order valence-corrected chi connectivity index (χ0v) is 17.2. The maximum absolute atomic E-state index is 2.52. The fourth-order valence-electron chi connectivity index (χ4n) is 3.91. The van der Waals surface area contributed by atoms with Gasteiger partial charge >= 0.3 is 0 Å². The summed E-state index contributed by atoms with van der Waals surface area (Å²) in [6, 6.07) is 0. The fourth-order valence-corrected chi connectivity index (χ4v) is 3.91. The number of hydrogen-bond acceptors (Lipinski definition) is 0. The van der Waals surface area contributed by atoms with Crippen LogP contribution in [0.2, 0.25) is 0 Å². The first-order valence-electron chi connectivity index (χ1n) is 11.3. The molecule has 140 valence electrons. The summed E-state index contributed by atoms with van der Waals surface area (Å²) in [6.45, 7) is 9.54. The molecule has 0 aromatic rings. The van der Waals surface area contributed by atoms with E-state index in [-0.39, 0.29) is 0 Å². The molecule has 0 aliphatic carbocycles. The van der Waals surface area contributed by atoms with Crippen LogP contribution in [0.4, 0.5) is 0 Å². The SMILES string of the molecule is CCCCCCCCCCC(C)C(CC)CCCCCCCC. The van der Waals surface area contributed by atoms with Gasteiger partial charge in [0.2, 0.25) is 0 Å². The number of hydrogen-bond donors (Lipinski definition) is 0. The lowest BCUT2D eigenvalue weighted by molar-refractivity contribution is 0.291. The molecule has 0 amide bonds. The summed E-state index contributed by atoms with van der Waals surface area (Å²) in [7, 11) is 0. The van der Waals surface area contributed by atoms with Crippen LogP contribution in [-0.4, -0.2) is 0 Å². The van der Waals surface area contributed by atoms with Crippen molar-refractivity contribution >= 4 is 0 Å². The first kappa shape index (κ1) is 23.0. The van der Waals surface area contributed by atoms with Crippen LogP contribution in [0.5, 0.6) is 0 Å². The van der Waals surface area contributed by atoms with Crippen molar-refractivity contribution in [2.45, 2.75) is 137 Å². The molecule has 0 rings (SSSR count). The van der Waals surface area contributed by atoms with Crippen molar-refractivity contribution in [2.24, 2.45) is 11.8 Å². The minimum Gasteiger partial charge on any atom is -0.0654 e. The molecule has 0 aliphatic rings. The third kappa shape index (κ3) is 15.3. The van der Waals surface area contributed by atoms with E-state index in [2.05, 4.69) is 27.7 Å². The Morgan fingerprint density at radius 1 is 0.478 bits per heavy atom. The van der Waals surface area contributed by atoms with Crippen molar-refractivity contribution < 1.29 is 0 Å². The zero-order valence-electron chi connectivity index (χ0n) is 17.2. The molecule has 0 bridgehead atoms. The predicted octanol–water partition coefficient (Wildman–Crippen LogP) is 8.93. The van der Waals surface area contributed by atoms with Gasteiger partial charge in [0.1, 0.15) is 0 Å². The molecule has 0 aromatic carbocycles. The largest absolute Gasteiger partial charge is 0.0654 e. The van der Waals surface area contributed by atoms with Crippen LogP contribution >= 0.6 is 0 Å². The lowest BCUT2D eigenvalue weighted by Gasteiger charge is -2.22. The normalized spacial score (nSPS) is 14.1. The molecule has 23 heavy (non-hydrogen) atoms. The van der Waals surface area contributed by atoms with Gasteiger partial charge in [-0.2, -0.15) is 0 Å². The van der Waals surface area contributed by atoms with E-state index in [1.807, 2.05) is 0 Å². The Kier molecular flexibility index (Phi) is 18.3. The van der Waals surface area contributed by atoms with E-state index in [0.717, 1.165) is 11.8 Å². The average molecular weight is 325 g/mol. The van der Waals surface area contributed by atoms with Crippen LogP contribution in [0.3, 0.4) is 0 Å². The Labute approximate surface area is 149 Å². The zero-order chi connectivity index (χ0) is 17.2. The quantitative estimate of drug-likeness (QED) is 0.221. The number of rotatable bonds is 18. The summed E-state index contributed by atoms with van der Waals surface area (Å²) in [6.07, 6.45) is 24.7. The molecule has 0 aliphatic heterocycles. The monoisotopic (exact) mass is 324 g/mol. The maximum atomic E-state index is 2.52. The molecule has 0 spiro atoms. The van der Waals surface area contributed by atoms with Gasteiger partial charge in [-0.25, -0.2) is 0 Å². The summed E-state index contributed by atoms with van der Waals surface area (Å²) in [4.78, 5) is 0. The van der Waals surface area contributed by atoms with E-state index in [0.29, 0.717) is 0 Å². The minimum absolute atomic E-state index is 0.954. The molecule has 0 nitrogen and oxygen atoms in total. The van der Waals surface area contributed by atoms with Crippen LogP contribution < -0.4 is 0 Å². The lowest BCUT2D eigenvalue weighted by Crippen LogP contribution is -2.11. The molecule has 0 N–H and O–H groups in total. The summed E-state index contributed by atoms with van der Waals surface area (Å²) in [5, 5.41) is 0.